The van der Waals surface area contributed by atoms with Crippen LogP contribution >= 0.6 is 11.3 Å². The Bertz CT molecular complexity index is 920. The van der Waals surface area contributed by atoms with Crippen molar-refractivity contribution in [2.45, 2.75) is 18.2 Å². The quantitative estimate of drug-likeness (QED) is 0.801. The van der Waals surface area contributed by atoms with Crippen molar-refractivity contribution in [2.24, 2.45) is 0 Å². The van der Waals surface area contributed by atoms with Gasteiger partial charge in [-0.2, -0.15) is 15.6 Å². The number of nitrogens with one attached hydrogen (secondary N) is 1. The Hall–Kier alpha value is -2.30. The maximum Gasteiger partial charge on any atom is 0.244 e. The molecule has 0 saturated carbocycles. The van der Waals surface area contributed by atoms with E-state index in [1.807, 2.05) is 0 Å². The topological polar surface area (TPSA) is 99.7 Å². The lowest BCUT2D eigenvalue weighted by Crippen LogP contribution is -2.50. The third kappa shape index (κ3) is 4.52. The Morgan fingerprint density at radius 3 is 2.59 bits per heavy atom. The summed E-state index contributed by atoms with van der Waals surface area (Å²) in [6.07, 6.45) is 3.20. The van der Waals surface area contributed by atoms with Crippen molar-refractivity contribution in [3.8, 4) is 0 Å². The van der Waals surface area contributed by atoms with Gasteiger partial charge < -0.3 is 10.2 Å². The predicted molar refractivity (Wildman–Crippen MR) is 102 cm³/mol. The number of thiophene rings is 1. The van der Waals surface area contributed by atoms with Crippen LogP contribution in [0.5, 0.6) is 0 Å². The molecule has 1 saturated heterocycles. The minimum Gasteiger partial charge on any atom is -0.340 e. The number of rotatable bonds is 5. The number of aromatic nitrogens is 1. The number of pyridine rings is 1. The molecular weight excluding hydrogens is 388 g/mol. The molecule has 0 radical (unpaired) electrons. The lowest BCUT2D eigenvalue weighted by atomic mass is 10.1. The molecule has 2 amide bonds. The van der Waals surface area contributed by atoms with Crippen LogP contribution in [0.2, 0.25) is 0 Å². The Labute approximate surface area is 161 Å². The van der Waals surface area contributed by atoms with Crippen molar-refractivity contribution < 1.29 is 18.0 Å². The lowest BCUT2D eigenvalue weighted by Gasteiger charge is -2.34. The van der Waals surface area contributed by atoms with Gasteiger partial charge in [-0.1, -0.05) is 0 Å². The number of nitrogens with zero attached hydrogens (tertiary/aromatic N) is 3. The fourth-order valence-corrected chi connectivity index (χ4v) is 5.32. The molecule has 0 spiro atoms. The van der Waals surface area contributed by atoms with E-state index in [-0.39, 0.29) is 31.3 Å². The van der Waals surface area contributed by atoms with Crippen LogP contribution < -0.4 is 5.32 Å². The third-order valence-corrected chi connectivity index (χ3v) is 7.02. The SMILES string of the molecule is CC(=O)Nc1cnccc1CC(=O)N1CCN(S(=O)(=O)c2ccsc2)CC1. The molecule has 0 atom stereocenters. The van der Waals surface area contributed by atoms with Crippen molar-refractivity contribution >= 4 is 38.9 Å². The molecular formula is C17H20N4O4S2. The van der Waals surface area contributed by atoms with E-state index in [0.717, 1.165) is 0 Å². The first-order valence-corrected chi connectivity index (χ1v) is 10.8. The third-order valence-electron chi connectivity index (χ3n) is 4.29. The summed E-state index contributed by atoms with van der Waals surface area (Å²) in [5.41, 5.74) is 1.19. The Morgan fingerprint density at radius 2 is 1.96 bits per heavy atom. The van der Waals surface area contributed by atoms with Crippen molar-refractivity contribution in [1.29, 1.82) is 0 Å². The Morgan fingerprint density at radius 1 is 1.22 bits per heavy atom. The highest BCUT2D eigenvalue weighted by atomic mass is 32.2. The fraction of sp³-hybridized carbons (Fsp3) is 0.353. The minimum atomic E-state index is -3.50. The van der Waals surface area contributed by atoms with Gasteiger partial charge in [-0.05, 0) is 23.1 Å². The van der Waals surface area contributed by atoms with E-state index in [4.69, 9.17) is 0 Å². The van der Waals surface area contributed by atoms with Gasteiger partial charge in [0.2, 0.25) is 21.8 Å². The van der Waals surface area contributed by atoms with Crippen LogP contribution in [0.1, 0.15) is 12.5 Å². The van der Waals surface area contributed by atoms with Gasteiger partial charge in [0.05, 0.1) is 23.2 Å². The first-order valence-electron chi connectivity index (χ1n) is 8.38. The molecule has 1 fully saturated rings. The van der Waals surface area contributed by atoms with Crippen molar-refractivity contribution in [2.75, 3.05) is 31.5 Å². The van der Waals surface area contributed by atoms with Gasteiger partial charge in [-0.25, -0.2) is 8.42 Å². The molecule has 2 aromatic heterocycles. The van der Waals surface area contributed by atoms with E-state index in [0.29, 0.717) is 29.2 Å². The summed E-state index contributed by atoms with van der Waals surface area (Å²) in [6, 6.07) is 3.28. The number of sulfonamides is 1. The van der Waals surface area contributed by atoms with Crippen LogP contribution in [-0.4, -0.2) is 60.6 Å². The maximum absolute atomic E-state index is 12.6. The fourth-order valence-electron chi connectivity index (χ4n) is 2.88. The average Bonchev–Trinajstić information content (AvgIpc) is 3.18. The van der Waals surface area contributed by atoms with Gasteiger partial charge in [0, 0.05) is 44.7 Å². The second-order valence-corrected chi connectivity index (χ2v) is 8.85. The van der Waals surface area contributed by atoms with E-state index < -0.39 is 10.0 Å². The Balaban J connectivity index is 1.62. The number of amides is 2. The number of carbonyl (C=O) groups excluding carboxylic acids is 2. The van der Waals surface area contributed by atoms with E-state index in [1.165, 1.54) is 28.8 Å². The summed E-state index contributed by atoms with van der Waals surface area (Å²) in [5.74, 6) is -0.343. The number of hydrogen-bond donors (Lipinski definition) is 1. The van der Waals surface area contributed by atoms with Gasteiger partial charge in [0.25, 0.3) is 0 Å². The molecule has 1 aliphatic heterocycles. The highest BCUT2D eigenvalue weighted by Crippen LogP contribution is 2.21. The molecule has 0 bridgehead atoms. The molecule has 8 nitrogen and oxygen atoms in total. The smallest absolute Gasteiger partial charge is 0.244 e. The second-order valence-electron chi connectivity index (χ2n) is 6.13. The lowest BCUT2D eigenvalue weighted by molar-refractivity contribution is -0.131. The normalized spacial score (nSPS) is 15.5. The molecule has 3 rings (SSSR count). The van der Waals surface area contributed by atoms with E-state index in [1.54, 1.807) is 34.0 Å². The molecule has 0 unspecified atom stereocenters. The molecule has 0 aromatic carbocycles. The van der Waals surface area contributed by atoms with Gasteiger partial charge in [0.15, 0.2) is 0 Å². The number of carbonyl (C=O) groups is 2. The Kier molecular flexibility index (Phi) is 5.88. The zero-order valence-corrected chi connectivity index (χ0v) is 16.4. The largest absolute Gasteiger partial charge is 0.340 e. The first-order chi connectivity index (χ1) is 12.9. The van der Waals surface area contributed by atoms with Crippen molar-refractivity contribution in [3.05, 3.63) is 40.8 Å². The summed E-state index contributed by atoms with van der Waals surface area (Å²) in [4.78, 5) is 29.8. The van der Waals surface area contributed by atoms with Crippen LogP contribution in [-0.2, 0) is 26.0 Å². The van der Waals surface area contributed by atoms with E-state index in [2.05, 4.69) is 10.3 Å². The monoisotopic (exact) mass is 408 g/mol. The standard InChI is InChI=1S/C17H20N4O4S2/c1-13(22)19-16-11-18-4-2-14(16)10-17(23)20-5-7-21(8-6-20)27(24,25)15-3-9-26-12-15/h2-4,9,11-12H,5-8,10H2,1H3,(H,19,22). The van der Waals surface area contributed by atoms with Crippen LogP contribution in [0.15, 0.2) is 40.2 Å². The molecule has 144 valence electrons. The highest BCUT2D eigenvalue weighted by Gasteiger charge is 2.30. The first kappa shape index (κ1) is 19.5. The number of piperazine rings is 1. The maximum atomic E-state index is 12.6. The van der Waals surface area contributed by atoms with Crippen LogP contribution in [0.4, 0.5) is 5.69 Å². The molecule has 2 aromatic rings. The number of anilines is 1. The molecule has 0 aliphatic carbocycles. The van der Waals surface area contributed by atoms with Crippen LogP contribution in [0.25, 0.3) is 0 Å². The molecule has 3 heterocycles. The van der Waals surface area contributed by atoms with Crippen molar-refractivity contribution in [1.82, 2.24) is 14.2 Å². The summed E-state index contributed by atoms with van der Waals surface area (Å²) < 4.78 is 26.5. The van der Waals surface area contributed by atoms with E-state index >= 15 is 0 Å². The van der Waals surface area contributed by atoms with Gasteiger partial charge in [0.1, 0.15) is 0 Å². The molecule has 1 aliphatic rings. The number of hydrogen-bond acceptors (Lipinski definition) is 6. The average molecular weight is 409 g/mol. The zero-order chi connectivity index (χ0) is 19.4. The predicted octanol–water partition coefficient (Wildman–Crippen LogP) is 1.18. The summed E-state index contributed by atoms with van der Waals surface area (Å²) in [6.45, 7) is 2.59. The highest BCUT2D eigenvalue weighted by molar-refractivity contribution is 7.89. The minimum absolute atomic E-state index is 0.111. The van der Waals surface area contributed by atoms with Crippen molar-refractivity contribution in [3.63, 3.8) is 0 Å². The molecule has 1 N–H and O–H groups in total. The van der Waals surface area contributed by atoms with Crippen LogP contribution in [0, 0.1) is 0 Å². The summed E-state index contributed by atoms with van der Waals surface area (Å²) >= 11 is 1.34. The second kappa shape index (κ2) is 8.15. The summed E-state index contributed by atoms with van der Waals surface area (Å²) in [7, 11) is -3.50. The van der Waals surface area contributed by atoms with Gasteiger partial charge >= 0.3 is 0 Å². The molecule has 27 heavy (non-hydrogen) atoms. The molecule has 10 heteroatoms. The summed E-state index contributed by atoms with van der Waals surface area (Å²) in [5, 5.41) is 6.01. The zero-order valence-electron chi connectivity index (χ0n) is 14.8. The van der Waals surface area contributed by atoms with E-state index in [9.17, 15) is 18.0 Å². The van der Waals surface area contributed by atoms with Gasteiger partial charge in [-0.3, -0.25) is 14.6 Å². The van der Waals surface area contributed by atoms with Crippen LogP contribution in [0.3, 0.4) is 0 Å². The van der Waals surface area contributed by atoms with Gasteiger partial charge in [-0.15, -0.1) is 0 Å².